The molecule has 0 saturated carbocycles. The SMILES string of the molecule is CSc1nc(NC(=O)CCc2ccc3ccccc3c2)c(C(=O)O)s1. The minimum absolute atomic E-state index is 0.0587. The molecule has 128 valence electrons. The number of fused-ring (bicyclic) bond motifs is 1. The van der Waals surface area contributed by atoms with E-state index in [4.69, 9.17) is 0 Å². The lowest BCUT2D eigenvalue weighted by atomic mass is 10.0. The molecule has 5 nitrogen and oxygen atoms in total. The number of benzene rings is 2. The van der Waals surface area contributed by atoms with Gasteiger partial charge in [-0.3, -0.25) is 4.79 Å². The van der Waals surface area contributed by atoms with E-state index in [2.05, 4.69) is 16.4 Å². The fourth-order valence-electron chi connectivity index (χ4n) is 2.46. The zero-order chi connectivity index (χ0) is 17.8. The minimum atomic E-state index is -1.08. The zero-order valence-electron chi connectivity index (χ0n) is 13.5. The third-order valence-corrected chi connectivity index (χ3v) is 5.72. The highest BCUT2D eigenvalue weighted by Gasteiger charge is 2.19. The standard InChI is InChI=1S/C18H16N2O3S2/c1-24-18-20-16(15(25-18)17(22)23)19-14(21)9-7-11-6-8-12-4-2-3-5-13(12)10-11/h2-6,8,10H,7,9H2,1H3,(H,19,21)(H,22,23). The van der Waals surface area contributed by atoms with Crippen LogP contribution in [0.2, 0.25) is 0 Å². The van der Waals surface area contributed by atoms with Gasteiger partial charge in [0.15, 0.2) is 15.0 Å². The van der Waals surface area contributed by atoms with Crippen molar-refractivity contribution >= 4 is 51.6 Å². The summed E-state index contributed by atoms with van der Waals surface area (Å²) in [7, 11) is 0. The number of aromatic carboxylic acids is 1. The monoisotopic (exact) mass is 372 g/mol. The number of anilines is 1. The van der Waals surface area contributed by atoms with Crippen LogP contribution in [0, 0.1) is 0 Å². The van der Waals surface area contributed by atoms with E-state index in [9.17, 15) is 14.7 Å². The minimum Gasteiger partial charge on any atom is -0.477 e. The Morgan fingerprint density at radius 1 is 1.20 bits per heavy atom. The van der Waals surface area contributed by atoms with Crippen molar-refractivity contribution in [3.8, 4) is 0 Å². The number of nitrogens with zero attached hydrogens (tertiary/aromatic N) is 1. The number of aryl methyl sites for hydroxylation is 1. The van der Waals surface area contributed by atoms with Crippen LogP contribution in [0.15, 0.2) is 46.8 Å². The molecule has 2 N–H and O–H groups in total. The third kappa shape index (κ3) is 4.18. The lowest BCUT2D eigenvalue weighted by Crippen LogP contribution is -2.14. The molecular weight excluding hydrogens is 356 g/mol. The summed E-state index contributed by atoms with van der Waals surface area (Å²) in [5.41, 5.74) is 1.07. The number of carboxylic acids is 1. The van der Waals surface area contributed by atoms with Crippen LogP contribution >= 0.6 is 23.1 Å². The molecule has 3 aromatic rings. The highest BCUT2D eigenvalue weighted by molar-refractivity contribution is 8.00. The van der Waals surface area contributed by atoms with Gasteiger partial charge in [0, 0.05) is 6.42 Å². The molecule has 0 aliphatic carbocycles. The lowest BCUT2D eigenvalue weighted by molar-refractivity contribution is -0.116. The largest absolute Gasteiger partial charge is 0.477 e. The molecule has 1 aromatic heterocycles. The molecule has 0 radical (unpaired) electrons. The van der Waals surface area contributed by atoms with Crippen LogP contribution < -0.4 is 5.32 Å². The van der Waals surface area contributed by atoms with Gasteiger partial charge >= 0.3 is 5.97 Å². The number of thiazole rings is 1. The van der Waals surface area contributed by atoms with Crippen LogP contribution in [-0.2, 0) is 11.2 Å². The Hall–Kier alpha value is -2.38. The number of rotatable bonds is 6. The van der Waals surface area contributed by atoms with Crippen LogP contribution in [0.1, 0.15) is 21.7 Å². The number of carboxylic acid groups (broad SMARTS) is 1. The maximum absolute atomic E-state index is 12.2. The average molecular weight is 372 g/mol. The Bertz CT molecular complexity index is 937. The van der Waals surface area contributed by atoms with Crippen LogP contribution in [0.4, 0.5) is 5.82 Å². The van der Waals surface area contributed by atoms with Gasteiger partial charge in [-0.15, -0.1) is 0 Å². The Labute approximate surface area is 153 Å². The predicted molar refractivity (Wildman–Crippen MR) is 102 cm³/mol. The van der Waals surface area contributed by atoms with Gasteiger partial charge < -0.3 is 10.4 Å². The number of aromatic nitrogens is 1. The lowest BCUT2D eigenvalue weighted by Gasteiger charge is -2.05. The summed E-state index contributed by atoms with van der Waals surface area (Å²) >= 11 is 2.42. The van der Waals surface area contributed by atoms with Gasteiger partial charge in [-0.05, 0) is 29.0 Å². The zero-order valence-corrected chi connectivity index (χ0v) is 15.1. The normalized spacial score (nSPS) is 10.8. The van der Waals surface area contributed by atoms with E-state index in [-0.39, 0.29) is 23.0 Å². The first-order chi connectivity index (χ1) is 12.1. The molecule has 25 heavy (non-hydrogen) atoms. The maximum atomic E-state index is 12.2. The summed E-state index contributed by atoms with van der Waals surface area (Å²) in [6.45, 7) is 0. The molecule has 0 bridgehead atoms. The molecular formula is C18H16N2O3S2. The highest BCUT2D eigenvalue weighted by Crippen LogP contribution is 2.29. The van der Waals surface area contributed by atoms with Crippen LogP contribution in [0.5, 0.6) is 0 Å². The van der Waals surface area contributed by atoms with E-state index in [1.807, 2.05) is 42.7 Å². The van der Waals surface area contributed by atoms with Gasteiger partial charge in [0.1, 0.15) is 0 Å². The Morgan fingerprint density at radius 3 is 2.68 bits per heavy atom. The van der Waals surface area contributed by atoms with Crippen molar-refractivity contribution in [1.29, 1.82) is 0 Å². The summed E-state index contributed by atoms with van der Waals surface area (Å²) in [6.07, 6.45) is 2.66. The maximum Gasteiger partial charge on any atom is 0.349 e. The fourth-order valence-corrected chi connectivity index (χ4v) is 3.82. The number of nitrogens with one attached hydrogen (secondary N) is 1. The summed E-state index contributed by atoms with van der Waals surface area (Å²) in [5.74, 6) is -1.19. The van der Waals surface area contributed by atoms with Gasteiger partial charge in [0.05, 0.1) is 0 Å². The summed E-state index contributed by atoms with van der Waals surface area (Å²) in [4.78, 5) is 27.6. The van der Waals surface area contributed by atoms with Crippen LogP contribution in [0.25, 0.3) is 10.8 Å². The third-order valence-electron chi connectivity index (χ3n) is 3.69. The molecule has 2 aromatic carbocycles. The first kappa shape index (κ1) is 17.4. The van der Waals surface area contributed by atoms with E-state index in [0.29, 0.717) is 10.8 Å². The van der Waals surface area contributed by atoms with Crippen molar-refractivity contribution in [3.63, 3.8) is 0 Å². The Balaban J connectivity index is 1.66. The van der Waals surface area contributed by atoms with Gasteiger partial charge in [-0.25, -0.2) is 9.78 Å². The van der Waals surface area contributed by atoms with E-state index < -0.39 is 5.97 Å². The second kappa shape index (κ2) is 7.67. The second-order valence-corrected chi connectivity index (χ2v) is 7.45. The highest BCUT2D eigenvalue weighted by atomic mass is 32.2. The van der Waals surface area contributed by atoms with Crippen molar-refractivity contribution in [2.75, 3.05) is 11.6 Å². The summed E-state index contributed by atoms with van der Waals surface area (Å²) in [6, 6.07) is 14.2. The van der Waals surface area contributed by atoms with Gasteiger partial charge in [0.2, 0.25) is 5.91 Å². The predicted octanol–water partition coefficient (Wildman–Crippen LogP) is 4.29. The molecule has 0 aliphatic heterocycles. The van der Waals surface area contributed by atoms with Crippen molar-refractivity contribution in [1.82, 2.24) is 4.98 Å². The topological polar surface area (TPSA) is 79.3 Å². The number of carbonyl (C=O) groups excluding carboxylic acids is 1. The molecule has 0 saturated heterocycles. The second-order valence-electron chi connectivity index (χ2n) is 5.40. The quantitative estimate of drug-likeness (QED) is 0.631. The summed E-state index contributed by atoms with van der Waals surface area (Å²) in [5, 5.41) is 14.1. The van der Waals surface area contributed by atoms with Gasteiger partial charge in [-0.2, -0.15) is 0 Å². The molecule has 0 unspecified atom stereocenters. The molecule has 3 rings (SSSR count). The molecule has 1 amide bonds. The Kier molecular flexibility index (Phi) is 5.35. The van der Waals surface area contributed by atoms with E-state index in [1.165, 1.54) is 11.8 Å². The smallest absolute Gasteiger partial charge is 0.349 e. The number of hydrogen-bond acceptors (Lipinski definition) is 5. The first-order valence-electron chi connectivity index (χ1n) is 7.62. The van der Waals surface area contributed by atoms with Crippen LogP contribution in [-0.4, -0.2) is 28.2 Å². The van der Waals surface area contributed by atoms with Gasteiger partial charge in [0.25, 0.3) is 0 Å². The van der Waals surface area contributed by atoms with Crippen LogP contribution in [0.3, 0.4) is 0 Å². The van der Waals surface area contributed by atoms with Crippen molar-refractivity contribution in [3.05, 3.63) is 52.9 Å². The molecule has 1 heterocycles. The molecule has 0 atom stereocenters. The first-order valence-corrected chi connectivity index (χ1v) is 9.66. The molecule has 0 aliphatic rings. The van der Waals surface area contributed by atoms with E-state index in [0.717, 1.165) is 27.7 Å². The number of hydrogen-bond donors (Lipinski definition) is 2. The molecule has 7 heteroatoms. The molecule has 0 fully saturated rings. The fraction of sp³-hybridized carbons (Fsp3) is 0.167. The Morgan fingerprint density at radius 2 is 1.96 bits per heavy atom. The average Bonchev–Trinajstić information content (AvgIpc) is 3.03. The number of amides is 1. The van der Waals surface area contributed by atoms with E-state index in [1.54, 1.807) is 0 Å². The van der Waals surface area contributed by atoms with Crippen molar-refractivity contribution < 1.29 is 14.7 Å². The van der Waals surface area contributed by atoms with Crippen molar-refractivity contribution in [2.24, 2.45) is 0 Å². The van der Waals surface area contributed by atoms with Crippen molar-refractivity contribution in [2.45, 2.75) is 17.2 Å². The molecule has 0 spiro atoms. The van der Waals surface area contributed by atoms with Gasteiger partial charge in [-0.1, -0.05) is 65.6 Å². The number of carbonyl (C=O) groups is 2. The number of thioether (sulfide) groups is 1. The van der Waals surface area contributed by atoms with E-state index >= 15 is 0 Å². The summed E-state index contributed by atoms with van der Waals surface area (Å²) < 4.78 is 0.613.